The smallest absolute Gasteiger partial charge is 0.320 e. The van der Waals surface area contributed by atoms with Crippen LogP contribution in [0.2, 0.25) is 0 Å². The van der Waals surface area contributed by atoms with E-state index < -0.39 is 11.1 Å². The highest BCUT2D eigenvalue weighted by atomic mass is 32.1. The van der Waals surface area contributed by atoms with Gasteiger partial charge in [-0.05, 0) is 47.9 Å². The molecule has 1 aliphatic rings. The van der Waals surface area contributed by atoms with Crippen molar-refractivity contribution in [3.63, 3.8) is 0 Å². The molecule has 8 heterocycles. The third-order valence-electron chi connectivity index (χ3n) is 6.92. The summed E-state index contributed by atoms with van der Waals surface area (Å²) >= 11 is 2.70. The number of hydrogen-bond acceptors (Lipinski definition) is 13. The fourth-order valence-electron chi connectivity index (χ4n) is 5.40. The number of nitrogens with one attached hydrogen (secondary N) is 2. The van der Waals surface area contributed by atoms with E-state index in [1.165, 1.54) is 35.4 Å². The highest BCUT2D eigenvalue weighted by Crippen LogP contribution is 2.62. The minimum atomic E-state index is -1.52. The lowest BCUT2D eigenvalue weighted by molar-refractivity contribution is -0.0184. The maximum Gasteiger partial charge on any atom is 0.320 e. The zero-order valence-electron chi connectivity index (χ0n) is 20.9. The van der Waals surface area contributed by atoms with Crippen molar-refractivity contribution in [2.45, 2.75) is 11.1 Å². The van der Waals surface area contributed by atoms with Crippen LogP contribution in [-0.2, 0) is 16.0 Å². The van der Waals surface area contributed by atoms with E-state index in [-0.39, 0.29) is 6.01 Å². The molecule has 0 amide bonds. The number of hydrazine groups is 1. The van der Waals surface area contributed by atoms with Crippen LogP contribution in [0.5, 0.6) is 0 Å². The number of aromatic amines is 2. The number of oxazole rings is 1. The van der Waals surface area contributed by atoms with Crippen LogP contribution in [0.1, 0.15) is 22.1 Å². The van der Waals surface area contributed by atoms with Crippen LogP contribution in [0.3, 0.4) is 0 Å². The third-order valence-corrected chi connectivity index (χ3v) is 8.35. The number of hydrogen-bond donors (Lipinski definition) is 2. The summed E-state index contributed by atoms with van der Waals surface area (Å²) < 4.78 is 16.1. The average molecular weight is 583 g/mol. The van der Waals surface area contributed by atoms with E-state index in [4.69, 9.17) is 23.9 Å². The van der Waals surface area contributed by atoms with Crippen molar-refractivity contribution >= 4 is 34.7 Å². The summed E-state index contributed by atoms with van der Waals surface area (Å²) in [6, 6.07) is 13.4. The molecule has 2 atom stereocenters. The molecule has 7 aromatic rings. The van der Waals surface area contributed by atoms with Gasteiger partial charge in [0, 0.05) is 46.7 Å². The van der Waals surface area contributed by atoms with Gasteiger partial charge in [-0.25, -0.2) is 14.8 Å². The first-order valence-corrected chi connectivity index (χ1v) is 14.1. The molecule has 0 spiro atoms. The number of thiazole rings is 1. The van der Waals surface area contributed by atoms with Crippen molar-refractivity contribution in [1.82, 2.24) is 39.7 Å². The van der Waals surface area contributed by atoms with Gasteiger partial charge < -0.3 is 18.9 Å². The summed E-state index contributed by atoms with van der Waals surface area (Å²) in [6.45, 7) is 0. The van der Waals surface area contributed by atoms with E-state index in [2.05, 4.69) is 29.6 Å². The Morgan fingerprint density at radius 1 is 0.902 bits per heavy atom. The largest absolute Gasteiger partial charge is 0.431 e. The Morgan fingerprint density at radius 2 is 1.85 bits per heavy atom. The molecule has 1 fully saturated rings. The second kappa shape index (κ2) is 9.22. The number of H-pyrrole nitrogens is 2. The Bertz CT molecular complexity index is 1800. The maximum absolute atomic E-state index is 7.12. The van der Waals surface area contributed by atoms with E-state index in [0.29, 0.717) is 27.9 Å². The van der Waals surface area contributed by atoms with Gasteiger partial charge in [0.2, 0.25) is 11.1 Å². The molecule has 0 bridgehead atoms. The molecule has 0 aromatic carbocycles. The minimum absolute atomic E-state index is 0.202. The van der Waals surface area contributed by atoms with E-state index in [9.17, 15) is 0 Å². The van der Waals surface area contributed by atoms with Gasteiger partial charge in [0.1, 0.15) is 28.9 Å². The molecule has 41 heavy (non-hydrogen) atoms. The maximum atomic E-state index is 7.12. The minimum Gasteiger partial charge on any atom is -0.431 e. The zero-order chi connectivity index (χ0) is 27.3. The predicted octanol–water partition coefficient (Wildman–Crippen LogP) is 4.75. The van der Waals surface area contributed by atoms with E-state index >= 15 is 0 Å². The molecule has 1 aliphatic heterocycles. The molecule has 2 N–H and O–H groups in total. The molecule has 0 aliphatic carbocycles. The lowest BCUT2D eigenvalue weighted by Gasteiger charge is -2.42. The summed E-state index contributed by atoms with van der Waals surface area (Å²) in [5.41, 5.74) is 0.131. The summed E-state index contributed by atoms with van der Waals surface area (Å²) in [5.74, 6) is 0.483. The highest BCUT2D eigenvalue weighted by molar-refractivity contribution is 7.09. The molecule has 8 rings (SSSR count). The van der Waals surface area contributed by atoms with Crippen molar-refractivity contribution in [2.24, 2.45) is 0 Å². The van der Waals surface area contributed by atoms with Crippen LogP contribution in [0.15, 0.2) is 106 Å². The summed E-state index contributed by atoms with van der Waals surface area (Å²) in [4.78, 5) is 23.3. The van der Waals surface area contributed by atoms with E-state index in [1.807, 2.05) is 59.6 Å². The van der Waals surface area contributed by atoms with Gasteiger partial charge >= 0.3 is 6.01 Å². The molecule has 0 saturated carbocycles. The molecule has 0 radical (unpaired) electrons. The number of rotatable bonds is 7. The van der Waals surface area contributed by atoms with Gasteiger partial charge in [0.05, 0.1) is 18.1 Å². The Morgan fingerprint density at radius 3 is 2.56 bits per heavy atom. The third kappa shape index (κ3) is 3.24. The van der Waals surface area contributed by atoms with Crippen LogP contribution in [0, 0.1) is 0 Å². The molecule has 2 unspecified atom stereocenters. The van der Waals surface area contributed by atoms with Crippen molar-refractivity contribution in [1.29, 1.82) is 0 Å². The Hall–Kier alpha value is -5.12. The molecule has 202 valence electrons. The van der Waals surface area contributed by atoms with Crippen LogP contribution >= 0.6 is 22.9 Å². The zero-order valence-corrected chi connectivity index (χ0v) is 22.5. The van der Waals surface area contributed by atoms with Gasteiger partial charge in [-0.3, -0.25) is 0 Å². The van der Waals surface area contributed by atoms with Crippen LogP contribution in [0.4, 0.5) is 11.8 Å². The van der Waals surface area contributed by atoms with E-state index in [1.54, 1.807) is 34.8 Å². The second-order valence-electron chi connectivity index (χ2n) is 8.92. The second-order valence-corrected chi connectivity index (χ2v) is 10.5. The SMILES string of the molecule is c1c[nH]c(-c2ccnnc2C2(c3nccs3)N(c3ncco3)N(c3ccsn3)OC2(c2ccon2)c2ccc[nH]2)c1. The molecular formula is C26H18N10O3S2. The lowest BCUT2D eigenvalue weighted by Crippen LogP contribution is -2.58. The molecule has 15 heteroatoms. The fraction of sp³-hybridized carbons (Fsp3) is 0.0769. The lowest BCUT2D eigenvalue weighted by atomic mass is 9.71. The molecule has 1 saturated heterocycles. The number of anilines is 2. The Balaban J connectivity index is 1.59. The summed E-state index contributed by atoms with van der Waals surface area (Å²) in [5, 5.41) is 21.3. The fourth-order valence-corrected chi connectivity index (χ4v) is 6.75. The summed E-state index contributed by atoms with van der Waals surface area (Å²) in [7, 11) is 0. The van der Waals surface area contributed by atoms with E-state index in [0.717, 1.165) is 11.3 Å². The molecular weight excluding hydrogens is 564 g/mol. The van der Waals surface area contributed by atoms with Gasteiger partial charge in [-0.1, -0.05) is 5.16 Å². The predicted molar refractivity (Wildman–Crippen MR) is 147 cm³/mol. The monoisotopic (exact) mass is 582 g/mol. The first-order chi connectivity index (χ1) is 20.3. The van der Waals surface area contributed by atoms with Gasteiger partial charge in [0.15, 0.2) is 5.82 Å². The van der Waals surface area contributed by atoms with Crippen LogP contribution < -0.4 is 10.2 Å². The highest BCUT2D eigenvalue weighted by Gasteiger charge is 2.75. The van der Waals surface area contributed by atoms with Gasteiger partial charge in [-0.2, -0.15) is 19.6 Å². The normalized spacial score (nSPS) is 20.7. The summed E-state index contributed by atoms with van der Waals surface area (Å²) in [6.07, 6.45) is 11.6. The molecule has 7 aromatic heterocycles. The quantitative estimate of drug-likeness (QED) is 0.268. The van der Waals surface area contributed by atoms with Crippen LogP contribution in [0.25, 0.3) is 11.3 Å². The van der Waals surface area contributed by atoms with Crippen molar-refractivity contribution in [3.8, 4) is 11.3 Å². The average Bonchev–Trinajstić information content (AvgIpc) is 3.84. The number of aromatic nitrogens is 8. The van der Waals surface area contributed by atoms with Gasteiger partial charge in [-0.15, -0.1) is 16.5 Å². The van der Waals surface area contributed by atoms with Crippen molar-refractivity contribution in [3.05, 3.63) is 119 Å². The first-order valence-electron chi connectivity index (χ1n) is 12.3. The first kappa shape index (κ1) is 23.7. The van der Waals surface area contributed by atoms with Gasteiger partial charge in [0.25, 0.3) is 0 Å². The van der Waals surface area contributed by atoms with Crippen molar-refractivity contribution < 1.29 is 13.8 Å². The van der Waals surface area contributed by atoms with Crippen molar-refractivity contribution in [2.75, 3.05) is 10.2 Å². The standard InChI is InChI=1S/C26H18N10O3S2/c1-3-18(27-8-1)17-5-10-31-32-22(17)25(23-29-12-16-40-23)26(19-4-2-9-28-19,20-6-13-38-33-20)39-36(21-7-15-41-34-21)35(25)24-30-11-14-37-24/h1-16,27-28H. The number of nitrogens with zero attached hydrogens (tertiary/aromatic N) is 8. The Kier molecular flexibility index (Phi) is 5.34. The molecule has 13 nitrogen and oxygen atoms in total. The topological polar surface area (TPSA) is 151 Å². The Labute approximate surface area is 239 Å². The van der Waals surface area contributed by atoms with Crippen LogP contribution in [-0.4, -0.2) is 39.7 Å².